The Labute approximate surface area is 157 Å². The van der Waals surface area contributed by atoms with E-state index in [2.05, 4.69) is 10.3 Å². The molecule has 8 heteroatoms. The van der Waals surface area contributed by atoms with Gasteiger partial charge in [0, 0.05) is 28.6 Å². The largest absolute Gasteiger partial charge is 0.423 e. The number of nitrogens with one attached hydrogen (secondary N) is 1. The lowest BCUT2D eigenvalue weighted by Gasteiger charge is -2.33. The number of halogens is 2. The van der Waals surface area contributed by atoms with Gasteiger partial charge >= 0.3 is 0 Å². The van der Waals surface area contributed by atoms with Gasteiger partial charge in [0.25, 0.3) is 6.01 Å². The van der Waals surface area contributed by atoms with E-state index in [1.165, 1.54) is 11.3 Å². The van der Waals surface area contributed by atoms with Crippen molar-refractivity contribution in [3.8, 4) is 10.4 Å². The average Bonchev–Trinajstić information content (AvgIpc) is 3.20. The average molecular weight is 394 g/mol. The van der Waals surface area contributed by atoms with Crippen LogP contribution in [0.3, 0.4) is 0 Å². The lowest BCUT2D eigenvalue weighted by molar-refractivity contribution is 0.496. The third-order valence-corrected chi connectivity index (χ3v) is 5.67. The van der Waals surface area contributed by atoms with E-state index in [0.29, 0.717) is 45.3 Å². The molecule has 5 nitrogen and oxygen atoms in total. The Kier molecular flexibility index (Phi) is 4.21. The molecule has 4 rings (SSSR count). The van der Waals surface area contributed by atoms with E-state index in [1.54, 1.807) is 6.07 Å². The molecule has 0 spiro atoms. The minimum absolute atomic E-state index is 0.186. The van der Waals surface area contributed by atoms with Gasteiger partial charge < -0.3 is 14.6 Å². The zero-order valence-corrected chi connectivity index (χ0v) is 15.5. The van der Waals surface area contributed by atoms with Crippen molar-refractivity contribution in [1.29, 1.82) is 0 Å². The van der Waals surface area contributed by atoms with Gasteiger partial charge in [0.15, 0.2) is 5.58 Å². The van der Waals surface area contributed by atoms with Crippen molar-refractivity contribution in [3.05, 3.63) is 39.3 Å². The summed E-state index contributed by atoms with van der Waals surface area (Å²) in [6.07, 6.45) is 0. The summed E-state index contributed by atoms with van der Waals surface area (Å²) < 4.78 is 6.76. The van der Waals surface area contributed by atoms with Gasteiger partial charge in [-0.25, -0.2) is 4.79 Å². The van der Waals surface area contributed by atoms with Crippen molar-refractivity contribution in [2.24, 2.45) is 0 Å². The van der Waals surface area contributed by atoms with E-state index in [0.717, 1.165) is 10.4 Å². The van der Waals surface area contributed by atoms with E-state index in [9.17, 15) is 4.79 Å². The van der Waals surface area contributed by atoms with Crippen molar-refractivity contribution in [1.82, 2.24) is 10.3 Å². The summed E-state index contributed by atoms with van der Waals surface area (Å²) in [6, 6.07) is 7.66. The molecule has 25 heavy (non-hydrogen) atoms. The second kappa shape index (κ2) is 6.39. The molecule has 1 fully saturated rings. The van der Waals surface area contributed by atoms with Crippen LogP contribution < -0.4 is 10.2 Å². The van der Waals surface area contributed by atoms with Crippen LogP contribution in [0.1, 0.15) is 6.92 Å². The maximum absolute atomic E-state index is 11.1. The molecule has 0 amide bonds. The van der Waals surface area contributed by atoms with Gasteiger partial charge in [-0.3, -0.25) is 0 Å². The summed E-state index contributed by atoms with van der Waals surface area (Å²) in [6.45, 7) is 3.21. The Morgan fingerprint density at radius 1 is 1.40 bits per heavy atom. The highest BCUT2D eigenvalue weighted by Gasteiger charge is 2.28. The molecule has 1 unspecified atom stereocenters. The van der Waals surface area contributed by atoms with Crippen LogP contribution in [0.15, 0.2) is 34.4 Å². The molecule has 0 aliphatic carbocycles. The number of hydrogen-bond donors (Lipinski definition) is 1. The molecule has 0 saturated carbocycles. The highest BCUT2D eigenvalue weighted by atomic mass is 35.5. The normalized spacial score (nSPS) is 17.6. The molecular formula is C17H13Cl2N3O2S. The fourth-order valence-corrected chi connectivity index (χ4v) is 4.21. The van der Waals surface area contributed by atoms with E-state index >= 15 is 0 Å². The first-order valence-corrected chi connectivity index (χ1v) is 9.25. The molecule has 1 N–H and O–H groups in total. The highest BCUT2D eigenvalue weighted by molar-refractivity contribution is 7.19. The van der Waals surface area contributed by atoms with Crippen LogP contribution in [0.2, 0.25) is 9.36 Å². The van der Waals surface area contributed by atoms with E-state index < -0.39 is 0 Å². The van der Waals surface area contributed by atoms with Crippen LogP contribution in [0.4, 0.5) is 6.01 Å². The lowest BCUT2D eigenvalue weighted by atomic mass is 10.1. The van der Waals surface area contributed by atoms with Crippen molar-refractivity contribution < 1.29 is 9.21 Å². The van der Waals surface area contributed by atoms with Gasteiger partial charge in [-0.2, -0.15) is 4.98 Å². The predicted molar refractivity (Wildman–Crippen MR) is 101 cm³/mol. The fraction of sp³-hybridized carbons (Fsp3) is 0.235. The van der Waals surface area contributed by atoms with Crippen molar-refractivity contribution in [2.75, 3.05) is 18.0 Å². The van der Waals surface area contributed by atoms with Gasteiger partial charge in [-0.05, 0) is 31.2 Å². The number of anilines is 1. The van der Waals surface area contributed by atoms with Crippen LogP contribution in [-0.2, 0) is 4.79 Å². The first kappa shape index (κ1) is 16.5. The molecule has 0 bridgehead atoms. The van der Waals surface area contributed by atoms with Crippen molar-refractivity contribution >= 4 is 57.6 Å². The summed E-state index contributed by atoms with van der Waals surface area (Å²) in [5.41, 5.74) is 2.67. The molecule has 1 saturated heterocycles. The Balaban J connectivity index is 1.84. The van der Waals surface area contributed by atoms with Crippen LogP contribution >= 0.6 is 34.5 Å². The quantitative estimate of drug-likeness (QED) is 0.654. The Morgan fingerprint density at radius 3 is 2.96 bits per heavy atom. The van der Waals surface area contributed by atoms with E-state index in [-0.39, 0.29) is 6.04 Å². The maximum Gasteiger partial charge on any atom is 0.299 e. The molecule has 2 aromatic heterocycles. The standard InChI is InChI=1S/C17H13Cl2N3O2S/c1-9-13(8-23)20-4-5-22(9)17-21-12-7-10(18)6-11(16(12)24-17)14-2-3-15(19)25-14/h2-3,6-7,9,20H,4-5H2,1H3. The molecule has 1 aliphatic heterocycles. The van der Waals surface area contributed by atoms with Gasteiger partial charge in [-0.15, -0.1) is 11.3 Å². The number of fused-ring (bicyclic) bond motifs is 1. The second-order valence-electron chi connectivity index (χ2n) is 5.71. The Bertz CT molecular complexity index is 1010. The monoisotopic (exact) mass is 393 g/mol. The van der Waals surface area contributed by atoms with Crippen molar-refractivity contribution in [3.63, 3.8) is 0 Å². The number of benzene rings is 1. The molecule has 0 radical (unpaired) electrons. The second-order valence-corrected chi connectivity index (χ2v) is 7.87. The molecule has 1 atom stereocenters. The number of hydrogen-bond acceptors (Lipinski definition) is 6. The first-order valence-electron chi connectivity index (χ1n) is 7.68. The third kappa shape index (κ3) is 2.92. The molecule has 1 aliphatic rings. The fourth-order valence-electron chi connectivity index (χ4n) is 2.94. The lowest BCUT2D eigenvalue weighted by Crippen LogP contribution is -2.48. The maximum atomic E-state index is 11.1. The van der Waals surface area contributed by atoms with E-state index in [1.807, 2.05) is 36.0 Å². The smallest absolute Gasteiger partial charge is 0.299 e. The van der Waals surface area contributed by atoms with Gasteiger partial charge in [0.05, 0.1) is 10.4 Å². The van der Waals surface area contributed by atoms with Gasteiger partial charge in [-0.1, -0.05) is 23.2 Å². The number of rotatable bonds is 2. The highest BCUT2D eigenvalue weighted by Crippen LogP contribution is 2.39. The zero-order chi connectivity index (χ0) is 17.6. The summed E-state index contributed by atoms with van der Waals surface area (Å²) in [7, 11) is 0. The molecule has 1 aromatic carbocycles. The summed E-state index contributed by atoms with van der Waals surface area (Å²) in [4.78, 5) is 18.6. The van der Waals surface area contributed by atoms with Crippen LogP contribution in [0.5, 0.6) is 0 Å². The Morgan fingerprint density at radius 2 is 2.24 bits per heavy atom. The molecule has 3 aromatic rings. The molecular weight excluding hydrogens is 381 g/mol. The zero-order valence-electron chi connectivity index (χ0n) is 13.2. The first-order chi connectivity index (χ1) is 12.1. The minimum atomic E-state index is -0.186. The SMILES string of the molecule is CC1C(=C=O)NCCN1c1nc2cc(Cl)cc(-c3ccc(Cl)s3)c2o1. The Hall–Kier alpha value is -1.98. The summed E-state index contributed by atoms with van der Waals surface area (Å²) in [5.74, 6) is 1.95. The van der Waals surface area contributed by atoms with Crippen LogP contribution in [0.25, 0.3) is 21.5 Å². The van der Waals surface area contributed by atoms with Crippen LogP contribution in [0, 0.1) is 0 Å². The van der Waals surface area contributed by atoms with Gasteiger partial charge in [0.1, 0.15) is 17.2 Å². The summed E-state index contributed by atoms with van der Waals surface area (Å²) in [5, 5.41) is 3.63. The topological polar surface area (TPSA) is 58.4 Å². The minimum Gasteiger partial charge on any atom is -0.423 e. The van der Waals surface area contributed by atoms with Crippen LogP contribution in [-0.4, -0.2) is 30.1 Å². The predicted octanol–water partition coefficient (Wildman–Crippen LogP) is 4.38. The number of nitrogens with zero attached hydrogens (tertiary/aromatic N) is 2. The molecule has 128 valence electrons. The van der Waals surface area contributed by atoms with Crippen molar-refractivity contribution in [2.45, 2.75) is 13.0 Å². The van der Waals surface area contributed by atoms with Gasteiger partial charge in [0.2, 0.25) is 0 Å². The third-order valence-electron chi connectivity index (χ3n) is 4.19. The number of piperazine rings is 1. The number of carbonyl (C=O) groups excluding carboxylic acids is 1. The summed E-state index contributed by atoms with van der Waals surface area (Å²) >= 11 is 13.8. The molecule has 3 heterocycles. The van der Waals surface area contributed by atoms with E-state index in [4.69, 9.17) is 27.6 Å². The number of thiophene rings is 1. The number of aromatic nitrogens is 1. The number of oxazole rings is 1.